The zero-order chi connectivity index (χ0) is 16.0. The molecule has 1 rings (SSSR count). The summed E-state index contributed by atoms with van der Waals surface area (Å²) < 4.78 is 5.79. The number of methoxy groups -OCH3 is 1. The van der Waals surface area contributed by atoms with Crippen LogP contribution in [0.15, 0.2) is 9.59 Å². The Labute approximate surface area is 121 Å². The highest BCUT2D eigenvalue weighted by atomic mass is 16.5. The summed E-state index contributed by atoms with van der Waals surface area (Å²) in [4.78, 5) is 37.1. The fourth-order valence-corrected chi connectivity index (χ4v) is 1.90. The van der Waals surface area contributed by atoms with Gasteiger partial charge in [-0.15, -0.1) is 0 Å². The van der Waals surface area contributed by atoms with Crippen LogP contribution in [0.2, 0.25) is 0 Å². The zero-order valence-electron chi connectivity index (χ0n) is 12.4. The normalized spacial score (nSPS) is 10.9. The van der Waals surface area contributed by atoms with Gasteiger partial charge < -0.3 is 15.2 Å². The third-order valence-corrected chi connectivity index (χ3v) is 2.97. The van der Waals surface area contributed by atoms with Gasteiger partial charge in [0.25, 0.3) is 5.56 Å². The molecule has 0 bridgehead atoms. The Hall–Kier alpha value is -2.09. The monoisotopic (exact) mass is 299 g/mol. The van der Waals surface area contributed by atoms with Crippen molar-refractivity contribution in [3.63, 3.8) is 0 Å². The first-order valence-electron chi connectivity index (χ1n) is 6.70. The molecule has 1 aromatic heterocycles. The Morgan fingerprint density at radius 3 is 2.67 bits per heavy atom. The van der Waals surface area contributed by atoms with E-state index in [2.05, 4.69) is 10.3 Å². The second kappa shape index (κ2) is 7.63. The summed E-state index contributed by atoms with van der Waals surface area (Å²) in [6.07, 6.45) is 0.0146. The molecule has 1 heterocycles. The van der Waals surface area contributed by atoms with E-state index >= 15 is 0 Å². The summed E-state index contributed by atoms with van der Waals surface area (Å²) >= 11 is 0. The lowest BCUT2D eigenvalue weighted by Gasteiger charge is -2.13. The first kappa shape index (κ1) is 17.0. The average Bonchev–Trinajstić information content (AvgIpc) is 2.37. The molecule has 0 fully saturated rings. The highest BCUT2D eigenvalue weighted by molar-refractivity contribution is 5.75. The van der Waals surface area contributed by atoms with Crippen molar-refractivity contribution in [1.82, 2.24) is 14.9 Å². The number of hydrogen-bond donors (Lipinski definition) is 3. The molecule has 118 valence electrons. The van der Waals surface area contributed by atoms with Crippen LogP contribution in [0.1, 0.15) is 31.7 Å². The van der Waals surface area contributed by atoms with Crippen LogP contribution in [0, 0.1) is 0 Å². The van der Waals surface area contributed by atoms with Crippen LogP contribution < -0.4 is 16.6 Å². The van der Waals surface area contributed by atoms with E-state index in [1.165, 1.54) is 7.11 Å². The summed E-state index contributed by atoms with van der Waals surface area (Å²) in [7, 11) is 1.53. The number of H-pyrrole nitrogens is 1. The highest BCUT2D eigenvalue weighted by Crippen LogP contribution is 2.19. The smallest absolute Gasteiger partial charge is 0.331 e. The molecule has 3 N–H and O–H groups in total. The predicted molar refractivity (Wildman–Crippen MR) is 76.6 cm³/mol. The third kappa shape index (κ3) is 4.45. The quantitative estimate of drug-likeness (QED) is 0.588. The third-order valence-electron chi connectivity index (χ3n) is 2.97. The molecule has 8 nitrogen and oxygen atoms in total. The van der Waals surface area contributed by atoms with Crippen LogP contribution in [0.5, 0.6) is 5.88 Å². The van der Waals surface area contributed by atoms with E-state index < -0.39 is 11.2 Å². The van der Waals surface area contributed by atoms with Gasteiger partial charge in [-0.3, -0.25) is 19.1 Å². The molecule has 0 saturated carbocycles. The lowest BCUT2D eigenvalue weighted by Crippen LogP contribution is -2.34. The van der Waals surface area contributed by atoms with E-state index in [-0.39, 0.29) is 36.2 Å². The van der Waals surface area contributed by atoms with Gasteiger partial charge in [0.15, 0.2) is 0 Å². The molecule has 21 heavy (non-hydrogen) atoms. The number of carbonyl (C=O) groups excluding carboxylic acids is 1. The zero-order valence-corrected chi connectivity index (χ0v) is 12.4. The standard InChI is InChI=1S/C13H21N3O5/c1-8(2)10-11(18)15-13(20)16(12(10)19)6-4-9(17)14-5-7-21-3/h8,19H,4-7H2,1-3H3,(H,14,17)(H,15,18,20). The minimum Gasteiger partial charge on any atom is -0.494 e. The van der Waals surface area contributed by atoms with E-state index in [1.807, 2.05) is 0 Å². The number of nitrogens with one attached hydrogen (secondary N) is 2. The SMILES string of the molecule is COCCNC(=O)CCn1c(O)c(C(C)C)c(=O)[nH]c1=O. The average molecular weight is 299 g/mol. The molecule has 0 spiro atoms. The number of hydrogen-bond acceptors (Lipinski definition) is 5. The van der Waals surface area contributed by atoms with Crippen molar-refractivity contribution >= 4 is 5.91 Å². The maximum absolute atomic E-state index is 11.7. The van der Waals surface area contributed by atoms with Crippen molar-refractivity contribution in [3.05, 3.63) is 26.4 Å². The van der Waals surface area contributed by atoms with Crippen LogP contribution in [0.4, 0.5) is 0 Å². The summed E-state index contributed by atoms with van der Waals surface area (Å²) in [5, 5.41) is 12.6. The predicted octanol–water partition coefficient (Wildman–Crippen LogP) is -0.482. The molecule has 0 unspecified atom stereocenters. The van der Waals surface area contributed by atoms with Crippen LogP contribution in [-0.4, -0.2) is 40.8 Å². The number of carbonyl (C=O) groups is 1. The van der Waals surface area contributed by atoms with Crippen LogP contribution >= 0.6 is 0 Å². The van der Waals surface area contributed by atoms with Crippen molar-refractivity contribution in [2.24, 2.45) is 0 Å². The molecular formula is C13H21N3O5. The van der Waals surface area contributed by atoms with Gasteiger partial charge in [-0.05, 0) is 5.92 Å². The molecule has 1 aromatic rings. The van der Waals surface area contributed by atoms with Crippen molar-refractivity contribution in [2.75, 3.05) is 20.3 Å². The van der Waals surface area contributed by atoms with Crippen LogP contribution in [-0.2, 0) is 16.1 Å². The molecule has 1 amide bonds. The fourth-order valence-electron chi connectivity index (χ4n) is 1.90. The Kier molecular flexibility index (Phi) is 6.16. The molecule has 0 radical (unpaired) electrons. The summed E-state index contributed by atoms with van der Waals surface area (Å²) in [6.45, 7) is 4.22. The lowest BCUT2D eigenvalue weighted by atomic mass is 10.1. The maximum atomic E-state index is 11.7. The van der Waals surface area contributed by atoms with Gasteiger partial charge in [0.05, 0.1) is 12.2 Å². The van der Waals surface area contributed by atoms with E-state index in [0.717, 1.165) is 4.57 Å². The Morgan fingerprint density at radius 2 is 2.10 bits per heavy atom. The first-order chi connectivity index (χ1) is 9.88. The van der Waals surface area contributed by atoms with Crippen molar-refractivity contribution in [3.8, 4) is 5.88 Å². The molecule has 0 aliphatic carbocycles. The maximum Gasteiger partial charge on any atom is 0.331 e. The fraction of sp³-hybridized carbons (Fsp3) is 0.615. The van der Waals surface area contributed by atoms with Crippen molar-refractivity contribution in [1.29, 1.82) is 0 Å². The molecule has 0 aliphatic heterocycles. The number of aromatic amines is 1. The Balaban J connectivity index is 2.85. The minimum atomic E-state index is -0.730. The molecule has 0 atom stereocenters. The van der Waals surface area contributed by atoms with Crippen molar-refractivity contribution < 1.29 is 14.6 Å². The van der Waals surface area contributed by atoms with Crippen molar-refractivity contribution in [2.45, 2.75) is 32.7 Å². The summed E-state index contributed by atoms with van der Waals surface area (Å²) in [5.41, 5.74) is -1.20. The molecule has 0 saturated heterocycles. The van der Waals surface area contributed by atoms with E-state index in [9.17, 15) is 19.5 Å². The Morgan fingerprint density at radius 1 is 1.43 bits per heavy atom. The lowest BCUT2D eigenvalue weighted by molar-refractivity contribution is -0.121. The van der Waals surface area contributed by atoms with Gasteiger partial charge in [-0.2, -0.15) is 0 Å². The first-order valence-corrected chi connectivity index (χ1v) is 6.70. The largest absolute Gasteiger partial charge is 0.494 e. The number of amides is 1. The highest BCUT2D eigenvalue weighted by Gasteiger charge is 2.17. The molecule has 0 aromatic carbocycles. The van der Waals surface area contributed by atoms with E-state index in [4.69, 9.17) is 4.74 Å². The molecule has 8 heteroatoms. The van der Waals surface area contributed by atoms with Gasteiger partial charge in [0.2, 0.25) is 11.8 Å². The van der Waals surface area contributed by atoms with E-state index in [1.54, 1.807) is 13.8 Å². The topological polar surface area (TPSA) is 113 Å². The number of ether oxygens (including phenoxy) is 1. The van der Waals surface area contributed by atoms with Gasteiger partial charge in [0, 0.05) is 26.6 Å². The van der Waals surface area contributed by atoms with E-state index in [0.29, 0.717) is 13.2 Å². The second-order valence-electron chi connectivity index (χ2n) is 4.90. The number of aromatic hydroxyl groups is 1. The van der Waals surface area contributed by atoms with Crippen LogP contribution in [0.3, 0.4) is 0 Å². The van der Waals surface area contributed by atoms with Gasteiger partial charge in [0.1, 0.15) is 0 Å². The van der Waals surface area contributed by atoms with Crippen LogP contribution in [0.25, 0.3) is 0 Å². The molecular weight excluding hydrogens is 278 g/mol. The summed E-state index contributed by atoms with van der Waals surface area (Å²) in [5.74, 6) is -0.893. The number of aromatic nitrogens is 2. The van der Waals surface area contributed by atoms with Gasteiger partial charge >= 0.3 is 5.69 Å². The number of rotatable bonds is 7. The second-order valence-corrected chi connectivity index (χ2v) is 4.90. The minimum absolute atomic E-state index is 0.0139. The Bertz CT molecular complexity index is 603. The van der Waals surface area contributed by atoms with Gasteiger partial charge in [-0.25, -0.2) is 4.79 Å². The van der Waals surface area contributed by atoms with Gasteiger partial charge in [-0.1, -0.05) is 13.8 Å². The molecule has 0 aliphatic rings. The number of nitrogens with zero attached hydrogens (tertiary/aromatic N) is 1. The summed E-state index contributed by atoms with van der Waals surface area (Å²) in [6, 6.07) is 0.